The van der Waals surface area contributed by atoms with Gasteiger partial charge in [-0.1, -0.05) is 29.8 Å². The van der Waals surface area contributed by atoms with E-state index in [4.69, 9.17) is 4.74 Å². The van der Waals surface area contributed by atoms with Gasteiger partial charge in [0.15, 0.2) is 11.6 Å². The van der Waals surface area contributed by atoms with Crippen molar-refractivity contribution in [2.75, 3.05) is 13.7 Å². The second-order valence-electron chi connectivity index (χ2n) is 4.79. The Morgan fingerprint density at radius 3 is 2.74 bits per heavy atom. The average molecular weight is 332 g/mol. The predicted octanol–water partition coefficient (Wildman–Crippen LogP) is 3.37. The van der Waals surface area contributed by atoms with Crippen molar-refractivity contribution in [3.63, 3.8) is 0 Å². The van der Waals surface area contributed by atoms with Crippen molar-refractivity contribution in [1.82, 2.24) is 5.32 Å². The minimum Gasteiger partial charge on any atom is -0.494 e. The van der Waals surface area contributed by atoms with E-state index < -0.39 is 5.82 Å². The Kier molecular flexibility index (Phi) is 6.28. The summed E-state index contributed by atoms with van der Waals surface area (Å²) in [6.45, 7) is 4.79. The molecule has 1 amide bonds. The molecule has 0 bridgehead atoms. The molecule has 5 heteroatoms. The zero-order chi connectivity index (χ0) is 14.4. The molecular formula is C14H19BrFNO2. The normalized spacial score (nSPS) is 12.3. The highest BCUT2D eigenvalue weighted by Crippen LogP contribution is 2.18. The van der Waals surface area contributed by atoms with Crippen molar-refractivity contribution < 1.29 is 13.9 Å². The maximum absolute atomic E-state index is 13.2. The van der Waals surface area contributed by atoms with E-state index in [-0.39, 0.29) is 16.5 Å². The molecule has 0 heterocycles. The predicted molar refractivity (Wildman–Crippen MR) is 77.5 cm³/mol. The number of carbonyl (C=O) groups is 1. The Morgan fingerprint density at radius 2 is 2.16 bits per heavy atom. The molecule has 0 saturated carbocycles. The standard InChI is InChI=1S/C14H19BrFNO2/c1-9(2)6-11(15)8-17-14(18)10-4-5-12(16)13(7-10)19-3/h4-5,7,9,11H,6,8H2,1-3H3,(H,17,18). The van der Waals surface area contributed by atoms with Crippen LogP contribution in [-0.4, -0.2) is 24.4 Å². The Bertz CT molecular complexity index is 437. The summed E-state index contributed by atoms with van der Waals surface area (Å²) in [6.07, 6.45) is 0.979. The first kappa shape index (κ1) is 16.0. The van der Waals surface area contributed by atoms with Crippen LogP contribution < -0.4 is 10.1 Å². The number of methoxy groups -OCH3 is 1. The number of halogens is 2. The average Bonchev–Trinajstić information content (AvgIpc) is 2.35. The lowest BCUT2D eigenvalue weighted by molar-refractivity contribution is 0.0953. The minimum atomic E-state index is -0.475. The highest BCUT2D eigenvalue weighted by Gasteiger charge is 2.12. The lowest BCUT2D eigenvalue weighted by atomic mass is 10.1. The van der Waals surface area contributed by atoms with Gasteiger partial charge in [-0.3, -0.25) is 4.79 Å². The molecule has 0 aliphatic rings. The van der Waals surface area contributed by atoms with Crippen molar-refractivity contribution >= 4 is 21.8 Å². The van der Waals surface area contributed by atoms with Crippen LogP contribution in [0.4, 0.5) is 4.39 Å². The summed E-state index contributed by atoms with van der Waals surface area (Å²) in [5.41, 5.74) is 0.391. The van der Waals surface area contributed by atoms with Crippen molar-refractivity contribution in [3.05, 3.63) is 29.6 Å². The highest BCUT2D eigenvalue weighted by atomic mass is 79.9. The van der Waals surface area contributed by atoms with Crippen LogP contribution >= 0.6 is 15.9 Å². The number of rotatable bonds is 6. The molecule has 1 unspecified atom stereocenters. The van der Waals surface area contributed by atoms with E-state index in [1.54, 1.807) is 0 Å². The van der Waals surface area contributed by atoms with Gasteiger partial charge in [0.25, 0.3) is 5.91 Å². The fourth-order valence-electron chi connectivity index (χ4n) is 1.70. The van der Waals surface area contributed by atoms with E-state index in [0.29, 0.717) is 18.0 Å². The van der Waals surface area contributed by atoms with E-state index in [1.165, 1.54) is 25.3 Å². The van der Waals surface area contributed by atoms with Crippen LogP contribution in [0.2, 0.25) is 0 Å². The van der Waals surface area contributed by atoms with Crippen LogP contribution in [0.25, 0.3) is 0 Å². The number of nitrogens with one attached hydrogen (secondary N) is 1. The maximum atomic E-state index is 13.2. The second-order valence-corrected chi connectivity index (χ2v) is 6.08. The van der Waals surface area contributed by atoms with Crippen LogP contribution in [0, 0.1) is 11.7 Å². The second kappa shape index (κ2) is 7.48. The van der Waals surface area contributed by atoms with Gasteiger partial charge < -0.3 is 10.1 Å². The summed E-state index contributed by atoms with van der Waals surface area (Å²) >= 11 is 3.52. The Labute approximate surface area is 121 Å². The molecule has 0 radical (unpaired) electrons. The third kappa shape index (κ3) is 5.19. The lowest BCUT2D eigenvalue weighted by Gasteiger charge is -2.13. The van der Waals surface area contributed by atoms with Gasteiger partial charge >= 0.3 is 0 Å². The first-order valence-corrected chi connectivity index (χ1v) is 7.11. The van der Waals surface area contributed by atoms with Gasteiger partial charge in [-0.2, -0.15) is 0 Å². The molecule has 0 saturated heterocycles. The molecular weight excluding hydrogens is 313 g/mol. The number of hydrogen-bond donors (Lipinski definition) is 1. The number of amides is 1. The van der Waals surface area contributed by atoms with Crippen LogP contribution in [0.5, 0.6) is 5.75 Å². The van der Waals surface area contributed by atoms with Gasteiger partial charge in [0.2, 0.25) is 0 Å². The van der Waals surface area contributed by atoms with E-state index >= 15 is 0 Å². The van der Waals surface area contributed by atoms with Gasteiger partial charge in [0.1, 0.15) is 0 Å². The molecule has 0 spiro atoms. The summed E-state index contributed by atoms with van der Waals surface area (Å²) in [5, 5.41) is 2.81. The molecule has 0 aliphatic heterocycles. The van der Waals surface area contributed by atoms with Crippen molar-refractivity contribution in [2.45, 2.75) is 25.1 Å². The maximum Gasteiger partial charge on any atom is 0.251 e. The molecule has 0 fully saturated rings. The summed E-state index contributed by atoms with van der Waals surface area (Å²) in [7, 11) is 1.37. The van der Waals surface area contributed by atoms with E-state index in [0.717, 1.165) is 6.42 Å². The van der Waals surface area contributed by atoms with E-state index in [9.17, 15) is 9.18 Å². The molecule has 1 N–H and O–H groups in total. The van der Waals surface area contributed by atoms with Gasteiger partial charge in [-0.05, 0) is 30.5 Å². The van der Waals surface area contributed by atoms with Gasteiger partial charge in [-0.15, -0.1) is 0 Å². The number of ether oxygens (including phenoxy) is 1. The molecule has 0 aliphatic carbocycles. The van der Waals surface area contributed by atoms with Crippen molar-refractivity contribution in [3.8, 4) is 5.75 Å². The van der Waals surface area contributed by atoms with Gasteiger partial charge in [0.05, 0.1) is 7.11 Å². The first-order valence-electron chi connectivity index (χ1n) is 6.19. The molecule has 19 heavy (non-hydrogen) atoms. The number of hydrogen-bond acceptors (Lipinski definition) is 2. The van der Waals surface area contributed by atoms with Crippen molar-refractivity contribution in [2.24, 2.45) is 5.92 Å². The Morgan fingerprint density at radius 1 is 1.47 bits per heavy atom. The monoisotopic (exact) mass is 331 g/mol. The largest absolute Gasteiger partial charge is 0.494 e. The van der Waals surface area contributed by atoms with Crippen LogP contribution in [-0.2, 0) is 0 Å². The zero-order valence-corrected chi connectivity index (χ0v) is 13.0. The SMILES string of the molecule is COc1cc(C(=O)NCC(Br)CC(C)C)ccc1F. The van der Waals surface area contributed by atoms with Crippen molar-refractivity contribution in [1.29, 1.82) is 0 Å². The molecule has 1 atom stereocenters. The van der Waals surface area contributed by atoms with E-state index in [2.05, 4.69) is 35.1 Å². The topological polar surface area (TPSA) is 38.3 Å². The summed E-state index contributed by atoms with van der Waals surface area (Å²) < 4.78 is 18.1. The fourth-order valence-corrected chi connectivity index (χ4v) is 2.61. The first-order chi connectivity index (χ1) is 8.93. The lowest BCUT2D eigenvalue weighted by Crippen LogP contribution is -2.30. The minimum absolute atomic E-state index is 0.0743. The summed E-state index contributed by atoms with van der Waals surface area (Å²) in [4.78, 5) is 12.1. The van der Waals surface area contributed by atoms with Crippen LogP contribution in [0.3, 0.4) is 0 Å². The molecule has 1 rings (SSSR count). The Balaban J connectivity index is 2.58. The smallest absolute Gasteiger partial charge is 0.251 e. The summed E-state index contributed by atoms with van der Waals surface area (Å²) in [5.74, 6) is -0.0684. The molecule has 106 valence electrons. The Hall–Kier alpha value is -1.10. The number of benzene rings is 1. The highest BCUT2D eigenvalue weighted by molar-refractivity contribution is 9.09. The molecule has 1 aromatic carbocycles. The number of alkyl halides is 1. The van der Waals surface area contributed by atoms with Gasteiger partial charge in [0, 0.05) is 16.9 Å². The third-order valence-corrected chi connectivity index (χ3v) is 3.32. The van der Waals surface area contributed by atoms with Crippen LogP contribution in [0.15, 0.2) is 18.2 Å². The van der Waals surface area contributed by atoms with E-state index in [1.807, 2.05) is 0 Å². The zero-order valence-electron chi connectivity index (χ0n) is 11.4. The molecule has 3 nitrogen and oxygen atoms in total. The summed E-state index contributed by atoms with van der Waals surface area (Å²) in [6, 6.07) is 4.07. The fraction of sp³-hybridized carbons (Fsp3) is 0.500. The van der Waals surface area contributed by atoms with Gasteiger partial charge in [-0.25, -0.2) is 4.39 Å². The molecule has 0 aromatic heterocycles. The third-order valence-electron chi connectivity index (χ3n) is 2.62. The quantitative estimate of drug-likeness (QED) is 0.811. The molecule has 1 aromatic rings. The number of carbonyl (C=O) groups excluding carboxylic acids is 1. The van der Waals surface area contributed by atoms with Crippen LogP contribution in [0.1, 0.15) is 30.6 Å².